The molecule has 2 rings (SSSR count). The van der Waals surface area contributed by atoms with Crippen molar-refractivity contribution in [1.29, 1.82) is 0 Å². The summed E-state index contributed by atoms with van der Waals surface area (Å²) in [6, 6.07) is 11.3. The van der Waals surface area contributed by atoms with Gasteiger partial charge < -0.3 is 9.47 Å². The van der Waals surface area contributed by atoms with Crippen molar-refractivity contribution in [1.82, 2.24) is 0 Å². The molecule has 0 saturated heterocycles. The molecule has 2 aromatic rings. The highest BCUT2D eigenvalue weighted by molar-refractivity contribution is 5.91. The van der Waals surface area contributed by atoms with Gasteiger partial charge in [-0.25, -0.2) is 14.0 Å². The number of halogens is 1. The molecule has 0 heterocycles. The normalized spacial score (nSPS) is 9.91. The number of hydrogen-bond donors (Lipinski definition) is 1. The molecule has 1 amide bonds. The molecule has 1 N–H and O–H groups in total. The lowest BCUT2D eigenvalue weighted by molar-refractivity contribution is 0.0735. The number of carbonyl (C=O) groups excluding carboxylic acids is 2. The summed E-state index contributed by atoms with van der Waals surface area (Å²) in [4.78, 5) is 23.2. The van der Waals surface area contributed by atoms with Gasteiger partial charge >= 0.3 is 12.1 Å². The molecule has 0 aliphatic heterocycles. The van der Waals surface area contributed by atoms with Crippen LogP contribution in [0.15, 0.2) is 48.5 Å². The van der Waals surface area contributed by atoms with Crippen LogP contribution in [-0.2, 0) is 4.74 Å². The summed E-state index contributed by atoms with van der Waals surface area (Å²) >= 11 is 0. The van der Waals surface area contributed by atoms with Gasteiger partial charge in [-0.1, -0.05) is 6.07 Å². The number of nitrogens with one attached hydrogen (secondary N) is 1. The van der Waals surface area contributed by atoms with E-state index in [1.54, 1.807) is 25.1 Å². The number of benzene rings is 2. The molecular weight excluding hydrogens is 289 g/mol. The third kappa shape index (κ3) is 4.31. The minimum atomic E-state index is -0.617. The lowest BCUT2D eigenvalue weighted by Crippen LogP contribution is -2.13. The van der Waals surface area contributed by atoms with E-state index in [-0.39, 0.29) is 17.9 Å². The van der Waals surface area contributed by atoms with E-state index in [9.17, 15) is 14.0 Å². The Kier molecular flexibility index (Phi) is 5.08. The third-order valence-electron chi connectivity index (χ3n) is 2.65. The zero-order valence-corrected chi connectivity index (χ0v) is 11.8. The summed E-state index contributed by atoms with van der Waals surface area (Å²) in [7, 11) is 0. The molecule has 0 aromatic heterocycles. The summed E-state index contributed by atoms with van der Waals surface area (Å²) in [5.41, 5.74) is 0.660. The Bertz CT molecular complexity index is 670. The van der Waals surface area contributed by atoms with Crippen LogP contribution in [0.4, 0.5) is 14.9 Å². The number of anilines is 1. The van der Waals surface area contributed by atoms with Crippen molar-refractivity contribution >= 4 is 17.7 Å². The Hall–Kier alpha value is -2.89. The van der Waals surface area contributed by atoms with E-state index in [2.05, 4.69) is 5.32 Å². The van der Waals surface area contributed by atoms with Gasteiger partial charge in [-0.3, -0.25) is 5.32 Å². The number of esters is 1. The van der Waals surface area contributed by atoms with Gasteiger partial charge in [0, 0.05) is 11.8 Å². The van der Waals surface area contributed by atoms with E-state index in [1.807, 2.05) is 0 Å². The van der Waals surface area contributed by atoms with Gasteiger partial charge in [0.05, 0.1) is 12.2 Å². The van der Waals surface area contributed by atoms with Crippen LogP contribution in [0.5, 0.6) is 5.75 Å². The molecule has 6 heteroatoms. The van der Waals surface area contributed by atoms with E-state index < -0.39 is 17.9 Å². The first kappa shape index (κ1) is 15.5. The number of hydrogen-bond acceptors (Lipinski definition) is 4. The van der Waals surface area contributed by atoms with Crippen LogP contribution in [0, 0.1) is 5.82 Å². The lowest BCUT2D eigenvalue weighted by atomic mass is 10.2. The van der Waals surface area contributed by atoms with Crippen molar-refractivity contribution in [2.24, 2.45) is 0 Å². The van der Waals surface area contributed by atoms with Crippen LogP contribution in [0.25, 0.3) is 0 Å². The molecule has 0 unspecified atom stereocenters. The van der Waals surface area contributed by atoms with Gasteiger partial charge in [0.25, 0.3) is 0 Å². The van der Waals surface area contributed by atoms with Crippen LogP contribution in [0.2, 0.25) is 0 Å². The number of rotatable bonds is 4. The van der Waals surface area contributed by atoms with Crippen molar-refractivity contribution in [2.45, 2.75) is 6.92 Å². The minimum Gasteiger partial charge on any atom is -0.450 e. The predicted molar refractivity (Wildman–Crippen MR) is 78.4 cm³/mol. The number of ether oxygens (including phenoxy) is 2. The van der Waals surface area contributed by atoms with E-state index >= 15 is 0 Å². The highest BCUT2D eigenvalue weighted by atomic mass is 19.1. The Labute approximate surface area is 126 Å². The molecule has 0 fully saturated rings. The van der Waals surface area contributed by atoms with Crippen molar-refractivity contribution < 1.29 is 23.5 Å². The molecule has 0 spiro atoms. The number of carbonyl (C=O) groups is 2. The van der Waals surface area contributed by atoms with Crippen molar-refractivity contribution in [3.05, 3.63) is 59.9 Å². The molecule has 22 heavy (non-hydrogen) atoms. The summed E-state index contributed by atoms with van der Waals surface area (Å²) < 4.78 is 22.7. The molecule has 0 radical (unpaired) electrons. The quantitative estimate of drug-likeness (QED) is 0.692. The Morgan fingerprint density at radius 3 is 2.55 bits per heavy atom. The van der Waals surface area contributed by atoms with Crippen LogP contribution >= 0.6 is 0 Å². The molecular formula is C16H14FNO4. The molecule has 0 aliphatic rings. The van der Waals surface area contributed by atoms with Gasteiger partial charge in [0.15, 0.2) is 0 Å². The fourth-order valence-electron chi connectivity index (χ4n) is 1.67. The predicted octanol–water partition coefficient (Wildman–Crippen LogP) is 3.61. The van der Waals surface area contributed by atoms with E-state index in [0.717, 1.165) is 0 Å². The summed E-state index contributed by atoms with van der Waals surface area (Å²) in [6.45, 7) is 1.95. The van der Waals surface area contributed by atoms with E-state index in [0.29, 0.717) is 5.69 Å². The first-order valence-electron chi connectivity index (χ1n) is 6.60. The lowest BCUT2D eigenvalue weighted by Gasteiger charge is -2.08. The smallest absolute Gasteiger partial charge is 0.411 e. The molecule has 5 nitrogen and oxygen atoms in total. The Balaban J connectivity index is 2.05. The molecule has 0 bridgehead atoms. The van der Waals surface area contributed by atoms with Gasteiger partial charge in [-0.05, 0) is 43.3 Å². The third-order valence-corrected chi connectivity index (χ3v) is 2.65. The topological polar surface area (TPSA) is 64.6 Å². The van der Waals surface area contributed by atoms with Crippen molar-refractivity contribution in [3.63, 3.8) is 0 Å². The fraction of sp³-hybridized carbons (Fsp3) is 0.125. The molecule has 0 saturated carbocycles. The second kappa shape index (κ2) is 7.21. The monoisotopic (exact) mass is 303 g/mol. The highest BCUT2D eigenvalue weighted by Crippen LogP contribution is 2.19. The summed E-state index contributed by atoms with van der Waals surface area (Å²) in [5.74, 6) is -0.797. The standard InChI is InChI=1S/C16H14FNO4/c1-2-21-16(20)18-13-4-3-5-14(10-13)22-15(19)11-6-8-12(17)9-7-11/h3-10H,2H2,1H3,(H,18,20). The second-order valence-corrected chi connectivity index (χ2v) is 4.27. The molecule has 114 valence electrons. The summed E-state index contributed by atoms with van der Waals surface area (Å²) in [5, 5.41) is 2.50. The largest absolute Gasteiger partial charge is 0.450 e. The maximum absolute atomic E-state index is 12.8. The van der Waals surface area contributed by atoms with Gasteiger partial charge in [0.1, 0.15) is 11.6 Å². The van der Waals surface area contributed by atoms with Crippen LogP contribution in [-0.4, -0.2) is 18.7 Å². The summed E-state index contributed by atoms with van der Waals surface area (Å²) in [6.07, 6.45) is -0.593. The maximum Gasteiger partial charge on any atom is 0.411 e. The molecule has 0 aliphatic carbocycles. The van der Waals surface area contributed by atoms with Crippen LogP contribution in [0.1, 0.15) is 17.3 Å². The maximum atomic E-state index is 12.8. The Morgan fingerprint density at radius 2 is 1.86 bits per heavy atom. The van der Waals surface area contributed by atoms with Crippen LogP contribution in [0.3, 0.4) is 0 Å². The fourth-order valence-corrected chi connectivity index (χ4v) is 1.67. The number of amides is 1. The average molecular weight is 303 g/mol. The molecule has 2 aromatic carbocycles. The average Bonchev–Trinajstić information content (AvgIpc) is 2.48. The minimum absolute atomic E-state index is 0.227. The van der Waals surface area contributed by atoms with Crippen molar-refractivity contribution in [2.75, 3.05) is 11.9 Å². The van der Waals surface area contributed by atoms with Crippen LogP contribution < -0.4 is 10.1 Å². The first-order chi connectivity index (χ1) is 10.6. The molecule has 0 atom stereocenters. The van der Waals surface area contributed by atoms with Gasteiger partial charge in [-0.15, -0.1) is 0 Å². The Morgan fingerprint density at radius 1 is 1.14 bits per heavy atom. The van der Waals surface area contributed by atoms with Crippen molar-refractivity contribution in [3.8, 4) is 5.75 Å². The zero-order chi connectivity index (χ0) is 15.9. The van der Waals surface area contributed by atoms with E-state index in [4.69, 9.17) is 9.47 Å². The van der Waals surface area contributed by atoms with Gasteiger partial charge in [-0.2, -0.15) is 0 Å². The van der Waals surface area contributed by atoms with Gasteiger partial charge in [0.2, 0.25) is 0 Å². The second-order valence-electron chi connectivity index (χ2n) is 4.27. The first-order valence-corrected chi connectivity index (χ1v) is 6.60. The highest BCUT2D eigenvalue weighted by Gasteiger charge is 2.10. The van der Waals surface area contributed by atoms with E-state index in [1.165, 1.54) is 30.3 Å². The SMILES string of the molecule is CCOC(=O)Nc1cccc(OC(=O)c2ccc(F)cc2)c1. The zero-order valence-electron chi connectivity index (χ0n) is 11.8.